The predicted octanol–water partition coefficient (Wildman–Crippen LogP) is 1.17. The van der Waals surface area contributed by atoms with E-state index in [1.54, 1.807) is 18.3 Å². The van der Waals surface area contributed by atoms with E-state index >= 15 is 0 Å². The first-order valence-electron chi connectivity index (χ1n) is 5.90. The number of aromatic nitrogens is 1. The van der Waals surface area contributed by atoms with Crippen molar-refractivity contribution in [2.75, 3.05) is 18.5 Å². The lowest BCUT2D eigenvalue weighted by Crippen LogP contribution is -2.29. The number of nitrogens with one attached hydrogen (secondary N) is 2. The van der Waals surface area contributed by atoms with E-state index in [4.69, 9.17) is 4.74 Å². The van der Waals surface area contributed by atoms with E-state index in [-0.39, 0.29) is 5.91 Å². The van der Waals surface area contributed by atoms with E-state index < -0.39 is 0 Å². The summed E-state index contributed by atoms with van der Waals surface area (Å²) in [6.07, 6.45) is 3.95. The summed E-state index contributed by atoms with van der Waals surface area (Å²) in [5, 5.41) is 5.93. The van der Waals surface area contributed by atoms with Crippen molar-refractivity contribution in [3.63, 3.8) is 0 Å². The minimum atomic E-state index is -0.0390. The zero-order chi connectivity index (χ0) is 12.1. The normalized spacial score (nSPS) is 14.4. The summed E-state index contributed by atoms with van der Waals surface area (Å²) in [5.74, 6) is 0.532. The Morgan fingerprint density at radius 3 is 2.94 bits per heavy atom. The van der Waals surface area contributed by atoms with Gasteiger partial charge >= 0.3 is 0 Å². The summed E-state index contributed by atoms with van der Waals surface area (Å²) in [5.41, 5.74) is 0.691. The van der Waals surface area contributed by atoms with Gasteiger partial charge < -0.3 is 15.4 Å². The van der Waals surface area contributed by atoms with Crippen molar-refractivity contribution in [3.05, 3.63) is 18.3 Å². The highest BCUT2D eigenvalue weighted by molar-refractivity contribution is 5.92. The van der Waals surface area contributed by atoms with Crippen LogP contribution in [0.1, 0.15) is 19.8 Å². The van der Waals surface area contributed by atoms with Gasteiger partial charge in [-0.25, -0.2) is 4.98 Å². The number of pyridine rings is 1. The molecule has 0 spiro atoms. The number of ether oxygens (including phenoxy) is 1. The Labute approximate surface area is 101 Å². The summed E-state index contributed by atoms with van der Waals surface area (Å²) < 4.78 is 5.22. The van der Waals surface area contributed by atoms with E-state index in [9.17, 15) is 4.79 Å². The molecular weight excluding hydrogens is 218 g/mol. The molecule has 5 nitrogen and oxygen atoms in total. The van der Waals surface area contributed by atoms with Crippen molar-refractivity contribution in [3.8, 4) is 5.88 Å². The van der Waals surface area contributed by atoms with Crippen LogP contribution in [0, 0.1) is 0 Å². The molecule has 1 aliphatic carbocycles. The van der Waals surface area contributed by atoms with Gasteiger partial charge in [0.2, 0.25) is 11.8 Å². The average molecular weight is 235 g/mol. The van der Waals surface area contributed by atoms with E-state index in [0.29, 0.717) is 30.8 Å². The maximum Gasteiger partial charge on any atom is 0.238 e. The molecule has 0 radical (unpaired) electrons. The summed E-state index contributed by atoms with van der Waals surface area (Å²) in [7, 11) is 0. The molecule has 1 aromatic heterocycles. The first-order valence-corrected chi connectivity index (χ1v) is 5.90. The Morgan fingerprint density at radius 2 is 2.35 bits per heavy atom. The summed E-state index contributed by atoms with van der Waals surface area (Å²) in [4.78, 5) is 15.6. The molecule has 0 aliphatic heterocycles. The van der Waals surface area contributed by atoms with Crippen LogP contribution in [-0.4, -0.2) is 30.1 Å². The molecular formula is C12H17N3O2. The molecule has 0 aromatic carbocycles. The molecule has 1 aromatic rings. The SMILES string of the molecule is CCOc1ccc(NC(=O)CNC2CC2)cn1. The Morgan fingerprint density at radius 1 is 1.53 bits per heavy atom. The van der Waals surface area contributed by atoms with Gasteiger partial charge in [-0.3, -0.25) is 4.79 Å². The van der Waals surface area contributed by atoms with E-state index in [2.05, 4.69) is 15.6 Å². The highest BCUT2D eigenvalue weighted by Gasteiger charge is 2.21. The van der Waals surface area contributed by atoms with E-state index in [1.165, 1.54) is 12.8 Å². The van der Waals surface area contributed by atoms with Gasteiger partial charge in [0.15, 0.2) is 0 Å². The number of amides is 1. The van der Waals surface area contributed by atoms with Crippen LogP contribution >= 0.6 is 0 Å². The minimum absolute atomic E-state index is 0.0390. The molecule has 1 fully saturated rings. The number of rotatable bonds is 6. The smallest absolute Gasteiger partial charge is 0.238 e. The Hall–Kier alpha value is -1.62. The average Bonchev–Trinajstić information content (AvgIpc) is 3.13. The molecule has 2 N–H and O–H groups in total. The van der Waals surface area contributed by atoms with Crippen LogP contribution < -0.4 is 15.4 Å². The Balaban J connectivity index is 1.78. The number of anilines is 1. The second-order valence-electron chi connectivity index (χ2n) is 4.02. The molecule has 92 valence electrons. The van der Waals surface area contributed by atoms with Crippen molar-refractivity contribution in [2.45, 2.75) is 25.8 Å². The third-order valence-electron chi connectivity index (χ3n) is 2.44. The fourth-order valence-corrected chi connectivity index (χ4v) is 1.42. The molecule has 0 saturated heterocycles. The largest absolute Gasteiger partial charge is 0.478 e. The third-order valence-corrected chi connectivity index (χ3v) is 2.44. The van der Waals surface area contributed by atoms with Crippen LogP contribution in [0.5, 0.6) is 5.88 Å². The molecule has 0 atom stereocenters. The third kappa shape index (κ3) is 4.03. The Bertz CT molecular complexity index is 374. The second-order valence-corrected chi connectivity index (χ2v) is 4.02. The standard InChI is InChI=1S/C12H17N3O2/c1-2-17-12-6-5-10(7-14-12)15-11(16)8-13-9-3-4-9/h5-7,9,13H,2-4,8H2,1H3,(H,15,16). The fourth-order valence-electron chi connectivity index (χ4n) is 1.42. The molecule has 0 unspecified atom stereocenters. The molecule has 1 amide bonds. The van der Waals surface area contributed by atoms with Gasteiger partial charge in [-0.15, -0.1) is 0 Å². The number of hydrogen-bond acceptors (Lipinski definition) is 4. The van der Waals surface area contributed by atoms with Crippen molar-refractivity contribution in [1.29, 1.82) is 0 Å². The molecule has 1 aliphatic rings. The summed E-state index contributed by atoms with van der Waals surface area (Å²) in [6.45, 7) is 2.85. The first-order chi connectivity index (χ1) is 8.28. The molecule has 1 saturated carbocycles. The maximum atomic E-state index is 11.5. The zero-order valence-corrected chi connectivity index (χ0v) is 9.90. The van der Waals surface area contributed by atoms with Crippen LogP contribution in [0.2, 0.25) is 0 Å². The predicted molar refractivity (Wildman–Crippen MR) is 65.1 cm³/mol. The van der Waals surface area contributed by atoms with Crippen LogP contribution in [0.4, 0.5) is 5.69 Å². The number of hydrogen-bond donors (Lipinski definition) is 2. The Kier molecular flexibility index (Phi) is 3.93. The molecule has 1 heterocycles. The lowest BCUT2D eigenvalue weighted by atomic mass is 10.4. The quantitative estimate of drug-likeness (QED) is 0.777. The van der Waals surface area contributed by atoms with E-state index in [1.807, 2.05) is 6.92 Å². The van der Waals surface area contributed by atoms with E-state index in [0.717, 1.165) is 0 Å². The van der Waals surface area contributed by atoms with Gasteiger partial charge in [0, 0.05) is 12.1 Å². The fraction of sp³-hybridized carbons (Fsp3) is 0.500. The molecule has 0 bridgehead atoms. The summed E-state index contributed by atoms with van der Waals surface area (Å²) in [6, 6.07) is 4.07. The molecule has 17 heavy (non-hydrogen) atoms. The number of carbonyl (C=O) groups is 1. The minimum Gasteiger partial charge on any atom is -0.478 e. The van der Waals surface area contributed by atoms with Gasteiger partial charge in [-0.05, 0) is 25.8 Å². The lowest BCUT2D eigenvalue weighted by molar-refractivity contribution is -0.115. The van der Waals surface area contributed by atoms with Gasteiger partial charge in [0.1, 0.15) is 0 Å². The van der Waals surface area contributed by atoms with Gasteiger partial charge in [0.25, 0.3) is 0 Å². The van der Waals surface area contributed by atoms with Gasteiger partial charge in [-0.2, -0.15) is 0 Å². The highest BCUT2D eigenvalue weighted by Crippen LogP contribution is 2.18. The topological polar surface area (TPSA) is 63.2 Å². The van der Waals surface area contributed by atoms with Crippen LogP contribution in [0.3, 0.4) is 0 Å². The monoisotopic (exact) mass is 235 g/mol. The number of carbonyl (C=O) groups excluding carboxylic acids is 1. The van der Waals surface area contributed by atoms with Gasteiger partial charge in [-0.1, -0.05) is 0 Å². The molecule has 2 rings (SSSR count). The van der Waals surface area contributed by atoms with Gasteiger partial charge in [0.05, 0.1) is 25.0 Å². The maximum absolute atomic E-state index is 11.5. The van der Waals surface area contributed by atoms with Crippen molar-refractivity contribution >= 4 is 11.6 Å². The summed E-state index contributed by atoms with van der Waals surface area (Å²) >= 11 is 0. The van der Waals surface area contributed by atoms with Crippen molar-refractivity contribution in [2.24, 2.45) is 0 Å². The van der Waals surface area contributed by atoms with Crippen LogP contribution in [-0.2, 0) is 4.79 Å². The number of nitrogens with zero attached hydrogens (tertiary/aromatic N) is 1. The first kappa shape index (κ1) is 11.9. The van der Waals surface area contributed by atoms with Crippen molar-refractivity contribution in [1.82, 2.24) is 10.3 Å². The van der Waals surface area contributed by atoms with Crippen LogP contribution in [0.15, 0.2) is 18.3 Å². The zero-order valence-electron chi connectivity index (χ0n) is 9.90. The lowest BCUT2D eigenvalue weighted by Gasteiger charge is -2.06. The van der Waals surface area contributed by atoms with Crippen molar-refractivity contribution < 1.29 is 9.53 Å². The highest BCUT2D eigenvalue weighted by atomic mass is 16.5. The van der Waals surface area contributed by atoms with Crippen LogP contribution in [0.25, 0.3) is 0 Å². The molecule has 5 heteroatoms. The second kappa shape index (κ2) is 5.63.